The van der Waals surface area contributed by atoms with Crippen LogP contribution in [0.5, 0.6) is 0 Å². The molecule has 3 rings (SSSR count). The molecule has 1 aliphatic rings. The van der Waals surface area contributed by atoms with Gasteiger partial charge in [0.1, 0.15) is 12.4 Å². The largest absolute Gasteiger partial charge is 0.458 e. The number of ether oxygens (including phenoxy) is 1. The van der Waals surface area contributed by atoms with Gasteiger partial charge in [-0.15, -0.1) is 0 Å². The lowest BCUT2D eigenvalue weighted by Crippen LogP contribution is -2.22. The second kappa shape index (κ2) is 5.99. The molecule has 2 aromatic rings. The summed E-state index contributed by atoms with van der Waals surface area (Å²) < 4.78 is 5.78. The number of fused-ring (bicyclic) bond motifs is 1. The molecule has 2 N–H and O–H groups in total. The Morgan fingerprint density at radius 2 is 1.91 bits per heavy atom. The van der Waals surface area contributed by atoms with Gasteiger partial charge < -0.3 is 10.5 Å². The quantitative estimate of drug-likeness (QED) is 0.878. The van der Waals surface area contributed by atoms with Crippen LogP contribution in [-0.4, -0.2) is 22.5 Å². The van der Waals surface area contributed by atoms with Gasteiger partial charge in [-0.2, -0.15) is 0 Å². The van der Waals surface area contributed by atoms with Crippen molar-refractivity contribution in [2.75, 3.05) is 6.54 Å². The molecule has 0 aliphatic carbocycles. The summed E-state index contributed by atoms with van der Waals surface area (Å²) in [5, 5.41) is 0. The van der Waals surface area contributed by atoms with Crippen molar-refractivity contribution >= 4 is 6.02 Å². The Morgan fingerprint density at radius 3 is 2.65 bits per heavy atom. The summed E-state index contributed by atoms with van der Waals surface area (Å²) in [5.41, 5.74) is 10.4. The molecule has 1 aromatic heterocycles. The van der Waals surface area contributed by atoms with Crippen LogP contribution in [0.3, 0.4) is 0 Å². The molecule has 120 valence electrons. The monoisotopic (exact) mass is 310 g/mol. The van der Waals surface area contributed by atoms with Gasteiger partial charge in [0.15, 0.2) is 0 Å². The average Bonchev–Trinajstić information content (AvgIpc) is 2.57. The summed E-state index contributed by atoms with van der Waals surface area (Å²) in [7, 11) is 0. The maximum Gasteiger partial charge on any atom is 0.282 e. The molecule has 1 unspecified atom stereocenters. The zero-order valence-electron chi connectivity index (χ0n) is 13.8. The van der Waals surface area contributed by atoms with Crippen LogP contribution >= 0.6 is 0 Å². The fraction of sp³-hybridized carbons (Fsp3) is 0.389. The van der Waals surface area contributed by atoms with Crippen molar-refractivity contribution in [3.8, 4) is 11.1 Å². The molecule has 0 saturated carbocycles. The van der Waals surface area contributed by atoms with E-state index in [2.05, 4.69) is 47.0 Å². The number of aromatic nitrogens is 2. The van der Waals surface area contributed by atoms with Crippen molar-refractivity contribution in [3.63, 3.8) is 0 Å². The van der Waals surface area contributed by atoms with Crippen LogP contribution in [0.1, 0.15) is 38.0 Å². The van der Waals surface area contributed by atoms with Crippen molar-refractivity contribution < 1.29 is 4.74 Å². The predicted molar refractivity (Wildman–Crippen MR) is 90.9 cm³/mol. The van der Waals surface area contributed by atoms with E-state index in [0.717, 1.165) is 23.1 Å². The number of hydrogen-bond donors (Lipinski definition) is 1. The van der Waals surface area contributed by atoms with Gasteiger partial charge in [0.2, 0.25) is 0 Å². The maximum absolute atomic E-state index is 5.90. The van der Waals surface area contributed by atoms with E-state index in [-0.39, 0.29) is 17.5 Å². The smallest absolute Gasteiger partial charge is 0.282 e. The third kappa shape index (κ3) is 3.50. The molecule has 23 heavy (non-hydrogen) atoms. The lowest BCUT2D eigenvalue weighted by atomic mass is 9.83. The molecule has 1 atom stereocenters. The van der Waals surface area contributed by atoms with Gasteiger partial charge >= 0.3 is 0 Å². The van der Waals surface area contributed by atoms with Gasteiger partial charge in [-0.25, -0.2) is 15.0 Å². The van der Waals surface area contributed by atoms with E-state index in [9.17, 15) is 0 Å². The average molecular weight is 310 g/mol. The van der Waals surface area contributed by atoms with E-state index in [1.54, 1.807) is 0 Å². The van der Waals surface area contributed by atoms with Crippen molar-refractivity contribution in [2.45, 2.75) is 33.3 Å². The van der Waals surface area contributed by atoms with Gasteiger partial charge in [-0.05, 0) is 41.5 Å². The first-order valence-electron chi connectivity index (χ1n) is 7.79. The maximum atomic E-state index is 5.90. The summed E-state index contributed by atoms with van der Waals surface area (Å²) in [6.07, 6.45) is 5.95. The minimum atomic E-state index is -0.146. The van der Waals surface area contributed by atoms with Gasteiger partial charge in [0, 0.05) is 24.5 Å². The molecule has 0 spiro atoms. The number of nitrogens with two attached hydrogens (primary N) is 1. The highest BCUT2D eigenvalue weighted by Gasteiger charge is 2.24. The Balaban J connectivity index is 2.06. The van der Waals surface area contributed by atoms with Crippen LogP contribution in [0.2, 0.25) is 0 Å². The van der Waals surface area contributed by atoms with E-state index in [1.165, 1.54) is 11.9 Å². The number of hydrogen-bond acceptors (Lipinski definition) is 5. The first kappa shape index (κ1) is 15.5. The highest BCUT2D eigenvalue weighted by molar-refractivity contribution is 5.72. The van der Waals surface area contributed by atoms with E-state index in [4.69, 9.17) is 10.5 Å². The topological polar surface area (TPSA) is 73.4 Å². The van der Waals surface area contributed by atoms with Gasteiger partial charge in [0.25, 0.3) is 6.02 Å². The van der Waals surface area contributed by atoms with Crippen LogP contribution in [0.4, 0.5) is 0 Å². The minimum absolute atomic E-state index is 0.0319. The van der Waals surface area contributed by atoms with Crippen LogP contribution in [0.25, 0.3) is 11.1 Å². The normalized spacial score (nSPS) is 20.3. The standard InChI is InChI=1S/C18H22N4O/c1-12-16-6-13(15-8-20-11-21-9-15)4-5-14(16)7-18(2,3)10-22-17(19)23-12/h4-6,8-9,11-12H,7,10H2,1-3H3,(H2,19,22). The summed E-state index contributed by atoms with van der Waals surface area (Å²) >= 11 is 0. The van der Waals surface area contributed by atoms with Crippen molar-refractivity contribution in [1.29, 1.82) is 0 Å². The number of aliphatic imine (C=N–C) groups is 1. The Labute approximate surface area is 136 Å². The van der Waals surface area contributed by atoms with Gasteiger partial charge in [-0.1, -0.05) is 26.0 Å². The van der Waals surface area contributed by atoms with E-state index in [1.807, 2.05) is 19.3 Å². The Bertz CT molecular complexity index is 725. The van der Waals surface area contributed by atoms with Gasteiger partial charge in [0.05, 0.1) is 0 Å². The van der Waals surface area contributed by atoms with Crippen molar-refractivity contribution in [1.82, 2.24) is 9.97 Å². The van der Waals surface area contributed by atoms with Gasteiger partial charge in [-0.3, -0.25) is 0 Å². The molecule has 1 aromatic carbocycles. The molecule has 0 amide bonds. The molecule has 0 radical (unpaired) electrons. The van der Waals surface area contributed by atoms with Crippen LogP contribution in [-0.2, 0) is 11.2 Å². The summed E-state index contributed by atoms with van der Waals surface area (Å²) in [4.78, 5) is 12.6. The van der Waals surface area contributed by atoms with Crippen molar-refractivity contribution in [2.24, 2.45) is 16.1 Å². The highest BCUT2D eigenvalue weighted by Crippen LogP contribution is 2.33. The Hall–Kier alpha value is -2.43. The third-order valence-corrected chi connectivity index (χ3v) is 4.11. The third-order valence-electron chi connectivity index (χ3n) is 4.11. The molecule has 5 nitrogen and oxygen atoms in total. The summed E-state index contributed by atoms with van der Waals surface area (Å²) in [6, 6.07) is 6.68. The fourth-order valence-corrected chi connectivity index (χ4v) is 2.91. The highest BCUT2D eigenvalue weighted by atomic mass is 16.5. The molecule has 5 heteroatoms. The second-order valence-electron chi connectivity index (χ2n) is 6.80. The summed E-state index contributed by atoms with van der Waals surface area (Å²) in [5.74, 6) is 0. The lowest BCUT2D eigenvalue weighted by molar-refractivity contribution is 0.207. The predicted octanol–water partition coefficient (Wildman–Crippen LogP) is 3.12. The number of benzene rings is 1. The number of rotatable bonds is 1. The molecule has 0 fully saturated rings. The first-order chi connectivity index (χ1) is 10.9. The molecular formula is C18H22N4O. The molecule has 0 bridgehead atoms. The van der Waals surface area contributed by atoms with Crippen LogP contribution < -0.4 is 5.73 Å². The lowest BCUT2D eigenvalue weighted by Gasteiger charge is -2.24. The van der Waals surface area contributed by atoms with E-state index < -0.39 is 0 Å². The fourth-order valence-electron chi connectivity index (χ4n) is 2.91. The Morgan fingerprint density at radius 1 is 1.17 bits per heavy atom. The van der Waals surface area contributed by atoms with Crippen molar-refractivity contribution in [3.05, 3.63) is 48.0 Å². The number of amidine groups is 1. The molecule has 0 saturated heterocycles. The second-order valence-corrected chi connectivity index (χ2v) is 6.80. The van der Waals surface area contributed by atoms with E-state index in [0.29, 0.717) is 6.54 Å². The summed E-state index contributed by atoms with van der Waals surface area (Å²) in [6.45, 7) is 7.05. The van der Waals surface area contributed by atoms with Crippen LogP contribution in [0, 0.1) is 5.41 Å². The van der Waals surface area contributed by atoms with Crippen LogP contribution in [0.15, 0.2) is 41.9 Å². The molecule has 1 aliphatic heterocycles. The zero-order valence-corrected chi connectivity index (χ0v) is 13.8. The first-order valence-corrected chi connectivity index (χ1v) is 7.79. The Kier molecular flexibility index (Phi) is 4.03. The van der Waals surface area contributed by atoms with E-state index >= 15 is 0 Å². The zero-order chi connectivity index (χ0) is 16.4. The minimum Gasteiger partial charge on any atom is -0.458 e. The molecular weight excluding hydrogens is 288 g/mol. The number of nitrogens with zero attached hydrogens (tertiary/aromatic N) is 3. The SMILES string of the molecule is CC1OC(N)=NCC(C)(C)Cc2ccc(-c3cncnc3)cc21. The molecule has 2 heterocycles.